The molecule has 0 amide bonds. The third kappa shape index (κ3) is 1.93. The molecule has 0 radical (unpaired) electrons. The van der Waals surface area contributed by atoms with Crippen LogP contribution < -0.4 is 5.73 Å². The Balaban J connectivity index is 4.83. The van der Waals surface area contributed by atoms with Gasteiger partial charge in [0, 0.05) is 11.2 Å². The predicted octanol–water partition coefficient (Wildman–Crippen LogP) is -0.715. The lowest BCUT2D eigenvalue weighted by Crippen LogP contribution is -2.43. The van der Waals surface area contributed by atoms with Crippen LogP contribution in [-0.4, -0.2) is 35.0 Å². The standard InChI is InChI=1S/C5H11N3O2/c1-3(4(9)10)8(2)5(6)7/h3H,1-2H3,(H3,6,7)(H,9,10)/i1D3. The lowest BCUT2D eigenvalue weighted by Gasteiger charge is -2.20. The van der Waals surface area contributed by atoms with Crippen LogP contribution in [0.4, 0.5) is 0 Å². The number of likely N-dealkylation sites (N-methyl/N-ethyl adjacent to an activating group) is 1. The summed E-state index contributed by atoms with van der Waals surface area (Å²) in [4.78, 5) is 11.2. The molecule has 1 atom stereocenters. The number of nitrogens with two attached hydrogens (primary N) is 1. The smallest absolute Gasteiger partial charge is 0.326 e. The summed E-state index contributed by atoms with van der Waals surface area (Å²) in [6.07, 6.45) is 0. The minimum atomic E-state index is -2.70. The first-order valence-corrected chi connectivity index (χ1v) is 2.47. The van der Waals surface area contributed by atoms with Gasteiger partial charge in [-0.2, -0.15) is 0 Å². The first kappa shape index (κ1) is 4.54. The molecule has 0 aliphatic heterocycles. The van der Waals surface area contributed by atoms with Crippen molar-refractivity contribution < 1.29 is 14.0 Å². The fourth-order valence-electron chi connectivity index (χ4n) is 0.305. The summed E-state index contributed by atoms with van der Waals surface area (Å²) in [6.45, 7) is -2.70. The van der Waals surface area contributed by atoms with Crippen molar-refractivity contribution in [2.45, 2.75) is 12.9 Å². The van der Waals surface area contributed by atoms with Gasteiger partial charge in [0.1, 0.15) is 6.04 Å². The molecule has 0 heterocycles. The third-order valence-electron chi connectivity index (χ3n) is 1.00. The van der Waals surface area contributed by atoms with E-state index < -0.39 is 24.8 Å². The summed E-state index contributed by atoms with van der Waals surface area (Å²) >= 11 is 0. The van der Waals surface area contributed by atoms with E-state index in [1.165, 1.54) is 0 Å². The molecule has 0 aliphatic carbocycles. The van der Waals surface area contributed by atoms with Crippen LogP contribution in [0.1, 0.15) is 11.0 Å². The van der Waals surface area contributed by atoms with E-state index in [-0.39, 0.29) is 0 Å². The van der Waals surface area contributed by atoms with E-state index >= 15 is 0 Å². The Bertz CT molecular complexity index is 228. The monoisotopic (exact) mass is 148 g/mol. The van der Waals surface area contributed by atoms with E-state index in [1.807, 2.05) is 0 Å². The van der Waals surface area contributed by atoms with Crippen molar-refractivity contribution in [3.8, 4) is 0 Å². The molecule has 0 spiro atoms. The second-order valence-corrected chi connectivity index (χ2v) is 1.74. The molecular weight excluding hydrogens is 134 g/mol. The minimum Gasteiger partial charge on any atom is -0.480 e. The summed E-state index contributed by atoms with van der Waals surface area (Å²) in [5.74, 6) is -2.12. The van der Waals surface area contributed by atoms with E-state index in [0.29, 0.717) is 4.90 Å². The maximum absolute atomic E-state index is 10.5. The van der Waals surface area contributed by atoms with Gasteiger partial charge in [-0.1, -0.05) is 0 Å². The second-order valence-electron chi connectivity index (χ2n) is 1.74. The number of guanidine groups is 1. The summed E-state index contributed by atoms with van der Waals surface area (Å²) in [7, 11) is 1.15. The Morgan fingerprint density at radius 1 is 2.00 bits per heavy atom. The van der Waals surface area contributed by atoms with Gasteiger partial charge in [-0.05, 0) is 6.85 Å². The maximum atomic E-state index is 10.5. The first-order chi connectivity index (χ1) is 5.68. The molecule has 10 heavy (non-hydrogen) atoms. The SMILES string of the molecule is [2H]C([2H])([2H])C(C(=O)O)N(C)C(=N)N. The molecule has 0 aromatic heterocycles. The van der Waals surface area contributed by atoms with Gasteiger partial charge in [0.2, 0.25) is 0 Å². The number of hydrogen-bond donors (Lipinski definition) is 3. The Kier molecular flexibility index (Phi) is 1.38. The normalized spacial score (nSPS) is 17.9. The van der Waals surface area contributed by atoms with Crippen molar-refractivity contribution in [2.24, 2.45) is 5.73 Å². The van der Waals surface area contributed by atoms with Crippen molar-refractivity contribution in [1.29, 1.82) is 5.41 Å². The van der Waals surface area contributed by atoms with Crippen LogP contribution in [0.15, 0.2) is 0 Å². The Hall–Kier alpha value is -1.26. The third-order valence-corrected chi connectivity index (χ3v) is 1.00. The molecule has 1 unspecified atom stereocenters. The summed E-state index contributed by atoms with van der Waals surface area (Å²) in [5.41, 5.74) is 4.97. The zero-order valence-corrected chi connectivity index (χ0v) is 5.46. The summed E-state index contributed by atoms with van der Waals surface area (Å²) in [5, 5.41) is 15.5. The molecule has 4 N–H and O–H groups in total. The largest absolute Gasteiger partial charge is 0.480 e. The average Bonchev–Trinajstić information content (AvgIpc) is 1.82. The highest BCUT2D eigenvalue weighted by molar-refractivity contribution is 5.82. The number of carboxylic acid groups (broad SMARTS) is 1. The minimum absolute atomic E-state index is 0.594. The Labute approximate surface area is 63.2 Å². The van der Waals surface area contributed by atoms with E-state index in [0.717, 1.165) is 7.05 Å². The van der Waals surface area contributed by atoms with Crippen molar-refractivity contribution in [1.82, 2.24) is 4.90 Å². The van der Waals surface area contributed by atoms with E-state index in [9.17, 15) is 4.79 Å². The van der Waals surface area contributed by atoms with Gasteiger partial charge >= 0.3 is 5.97 Å². The maximum Gasteiger partial charge on any atom is 0.326 e. The summed E-state index contributed by atoms with van der Waals surface area (Å²) in [6, 6.07) is -1.77. The number of aliphatic carboxylic acids is 1. The fourth-order valence-corrected chi connectivity index (χ4v) is 0.305. The van der Waals surface area contributed by atoms with E-state index in [1.54, 1.807) is 0 Å². The van der Waals surface area contributed by atoms with E-state index in [4.69, 9.17) is 20.4 Å². The van der Waals surface area contributed by atoms with Crippen LogP contribution in [0.25, 0.3) is 0 Å². The van der Waals surface area contributed by atoms with Gasteiger partial charge in [0.25, 0.3) is 0 Å². The van der Waals surface area contributed by atoms with Gasteiger partial charge in [0.15, 0.2) is 5.96 Å². The molecule has 5 heteroatoms. The predicted molar refractivity (Wildman–Crippen MR) is 36.8 cm³/mol. The number of carbonyl (C=O) groups is 1. The molecule has 0 aliphatic rings. The molecule has 0 aromatic carbocycles. The zero-order chi connectivity index (χ0) is 10.8. The molecular formula is C5H11N3O2. The molecule has 0 rings (SSSR count). The van der Waals surface area contributed by atoms with Crippen molar-refractivity contribution >= 4 is 11.9 Å². The number of rotatable bonds is 2. The quantitative estimate of drug-likeness (QED) is 0.356. The van der Waals surface area contributed by atoms with Gasteiger partial charge in [-0.15, -0.1) is 0 Å². The van der Waals surface area contributed by atoms with Gasteiger partial charge in [-0.25, -0.2) is 4.79 Å². The first-order valence-electron chi connectivity index (χ1n) is 3.97. The van der Waals surface area contributed by atoms with Crippen LogP contribution in [-0.2, 0) is 4.79 Å². The van der Waals surface area contributed by atoms with Crippen LogP contribution in [0, 0.1) is 5.41 Å². The number of carboxylic acids is 1. The number of nitrogens with zero attached hydrogens (tertiary/aromatic N) is 1. The number of nitrogens with one attached hydrogen (secondary N) is 1. The highest BCUT2D eigenvalue weighted by Gasteiger charge is 2.16. The second kappa shape index (κ2) is 3.05. The Morgan fingerprint density at radius 2 is 2.50 bits per heavy atom. The van der Waals surface area contributed by atoms with Gasteiger partial charge < -0.3 is 15.7 Å². The van der Waals surface area contributed by atoms with Crippen LogP contribution in [0.5, 0.6) is 0 Å². The van der Waals surface area contributed by atoms with Gasteiger partial charge in [0.05, 0.1) is 0 Å². The molecule has 0 saturated heterocycles. The highest BCUT2D eigenvalue weighted by Crippen LogP contribution is 1.92. The van der Waals surface area contributed by atoms with Gasteiger partial charge in [-0.3, -0.25) is 5.41 Å². The fraction of sp³-hybridized carbons (Fsp3) is 0.600. The Morgan fingerprint density at radius 3 is 2.60 bits per heavy atom. The van der Waals surface area contributed by atoms with Crippen molar-refractivity contribution in [2.75, 3.05) is 7.05 Å². The lowest BCUT2D eigenvalue weighted by molar-refractivity contribution is -0.140. The molecule has 0 saturated carbocycles. The average molecular weight is 148 g/mol. The van der Waals surface area contributed by atoms with Crippen LogP contribution in [0.3, 0.4) is 0 Å². The van der Waals surface area contributed by atoms with Crippen molar-refractivity contribution in [3.05, 3.63) is 0 Å². The van der Waals surface area contributed by atoms with Crippen LogP contribution in [0.2, 0.25) is 0 Å². The lowest BCUT2D eigenvalue weighted by atomic mass is 10.3. The number of hydrogen-bond acceptors (Lipinski definition) is 2. The van der Waals surface area contributed by atoms with Crippen LogP contribution >= 0.6 is 0 Å². The molecule has 0 aromatic rings. The topological polar surface area (TPSA) is 90.4 Å². The zero-order valence-electron chi connectivity index (χ0n) is 8.46. The highest BCUT2D eigenvalue weighted by atomic mass is 16.4. The molecule has 0 fully saturated rings. The molecule has 5 nitrogen and oxygen atoms in total. The van der Waals surface area contributed by atoms with Crippen molar-refractivity contribution in [3.63, 3.8) is 0 Å². The molecule has 58 valence electrons. The van der Waals surface area contributed by atoms with E-state index in [2.05, 4.69) is 0 Å². The summed E-state index contributed by atoms with van der Waals surface area (Å²) < 4.78 is 20.7. The molecule has 0 bridgehead atoms.